The van der Waals surface area contributed by atoms with Gasteiger partial charge in [0.2, 0.25) is 0 Å². The highest BCUT2D eigenvalue weighted by Gasteiger charge is 2.37. The smallest absolute Gasteiger partial charge is 0.144 e. The van der Waals surface area contributed by atoms with Gasteiger partial charge < -0.3 is 10.8 Å². The highest BCUT2D eigenvalue weighted by atomic mass is 79.9. The first kappa shape index (κ1) is 10.9. The molecule has 1 aliphatic rings. The average Bonchev–Trinajstić information content (AvgIpc) is 2.91. The van der Waals surface area contributed by atoms with Gasteiger partial charge in [-0.15, -0.1) is 0 Å². The lowest BCUT2D eigenvalue weighted by atomic mass is 10.0. The number of phenols is 1. The standard InChI is InChI=1S/C11H13BrFNO/c12-8-1-2-9(15)7(10(8)13)3-4-11(14)5-6-11/h1-2,15H,3-6,14H2. The van der Waals surface area contributed by atoms with Crippen LogP contribution in [0.25, 0.3) is 0 Å². The molecule has 1 aromatic carbocycles. The van der Waals surface area contributed by atoms with Crippen LogP contribution in [-0.4, -0.2) is 10.6 Å². The number of nitrogens with two attached hydrogens (primary N) is 1. The molecular weight excluding hydrogens is 261 g/mol. The van der Waals surface area contributed by atoms with E-state index in [1.54, 1.807) is 0 Å². The Bertz CT molecular complexity index is 390. The van der Waals surface area contributed by atoms with Crippen LogP contribution < -0.4 is 5.73 Å². The van der Waals surface area contributed by atoms with E-state index in [9.17, 15) is 9.50 Å². The number of hydrogen-bond acceptors (Lipinski definition) is 2. The van der Waals surface area contributed by atoms with Gasteiger partial charge in [-0.1, -0.05) is 0 Å². The van der Waals surface area contributed by atoms with Crippen LogP contribution in [0.5, 0.6) is 5.75 Å². The quantitative estimate of drug-likeness (QED) is 0.890. The fourth-order valence-corrected chi connectivity index (χ4v) is 1.98. The summed E-state index contributed by atoms with van der Waals surface area (Å²) in [5.41, 5.74) is 6.17. The van der Waals surface area contributed by atoms with E-state index < -0.39 is 0 Å². The lowest BCUT2D eigenvalue weighted by Crippen LogP contribution is -2.22. The van der Waals surface area contributed by atoms with Crippen LogP contribution in [0.3, 0.4) is 0 Å². The van der Waals surface area contributed by atoms with E-state index in [0.29, 0.717) is 16.5 Å². The zero-order valence-electron chi connectivity index (χ0n) is 8.26. The monoisotopic (exact) mass is 273 g/mol. The third-order valence-electron chi connectivity index (χ3n) is 2.94. The van der Waals surface area contributed by atoms with Gasteiger partial charge in [0.25, 0.3) is 0 Å². The lowest BCUT2D eigenvalue weighted by molar-refractivity contribution is 0.452. The molecular formula is C11H13BrFNO. The van der Waals surface area contributed by atoms with Gasteiger partial charge in [0.05, 0.1) is 4.47 Å². The van der Waals surface area contributed by atoms with E-state index in [-0.39, 0.29) is 17.1 Å². The molecule has 0 spiro atoms. The number of rotatable bonds is 3. The minimum absolute atomic E-state index is 0.0138. The predicted molar refractivity (Wildman–Crippen MR) is 60.2 cm³/mol. The fraction of sp³-hybridized carbons (Fsp3) is 0.455. The van der Waals surface area contributed by atoms with Gasteiger partial charge >= 0.3 is 0 Å². The molecule has 0 bridgehead atoms. The van der Waals surface area contributed by atoms with Crippen molar-refractivity contribution in [2.24, 2.45) is 5.73 Å². The second kappa shape index (κ2) is 3.76. The van der Waals surface area contributed by atoms with E-state index in [4.69, 9.17) is 5.73 Å². The second-order valence-electron chi connectivity index (χ2n) is 4.22. The highest BCUT2D eigenvalue weighted by Crippen LogP contribution is 2.38. The van der Waals surface area contributed by atoms with Crippen molar-refractivity contribution in [1.29, 1.82) is 0 Å². The van der Waals surface area contributed by atoms with Crippen LogP contribution in [0.15, 0.2) is 16.6 Å². The topological polar surface area (TPSA) is 46.2 Å². The van der Waals surface area contributed by atoms with Crippen LogP contribution in [0.2, 0.25) is 0 Å². The molecule has 15 heavy (non-hydrogen) atoms. The van der Waals surface area contributed by atoms with Crippen molar-refractivity contribution in [2.75, 3.05) is 0 Å². The van der Waals surface area contributed by atoms with Crippen molar-refractivity contribution in [2.45, 2.75) is 31.2 Å². The van der Waals surface area contributed by atoms with Gasteiger partial charge in [-0.2, -0.15) is 0 Å². The summed E-state index contributed by atoms with van der Waals surface area (Å²) >= 11 is 3.10. The number of phenolic OH excluding ortho intramolecular Hbond substituents is 1. The molecule has 0 aliphatic heterocycles. The molecule has 1 fully saturated rings. The van der Waals surface area contributed by atoms with Crippen molar-refractivity contribution < 1.29 is 9.50 Å². The van der Waals surface area contributed by atoms with Gasteiger partial charge in [0.15, 0.2) is 0 Å². The minimum Gasteiger partial charge on any atom is -0.508 e. The number of benzene rings is 1. The molecule has 0 aromatic heterocycles. The first-order chi connectivity index (χ1) is 7.02. The molecule has 0 heterocycles. The Morgan fingerprint density at radius 2 is 2.13 bits per heavy atom. The molecule has 0 atom stereocenters. The molecule has 1 saturated carbocycles. The van der Waals surface area contributed by atoms with Crippen molar-refractivity contribution in [3.63, 3.8) is 0 Å². The van der Waals surface area contributed by atoms with Crippen LogP contribution in [0.4, 0.5) is 4.39 Å². The summed E-state index contributed by atoms with van der Waals surface area (Å²) in [6.45, 7) is 0. The molecule has 2 rings (SSSR count). The average molecular weight is 274 g/mol. The SMILES string of the molecule is NC1(CCc2c(O)ccc(Br)c2F)CC1. The Morgan fingerprint density at radius 1 is 1.47 bits per heavy atom. The Labute approximate surface area is 96.4 Å². The summed E-state index contributed by atoms with van der Waals surface area (Å²) in [5.74, 6) is -0.362. The first-order valence-electron chi connectivity index (χ1n) is 4.97. The number of hydrogen-bond donors (Lipinski definition) is 2. The predicted octanol–water partition coefficient (Wildman–Crippen LogP) is 2.72. The number of halogens is 2. The Hall–Kier alpha value is -0.610. The van der Waals surface area contributed by atoms with E-state index in [2.05, 4.69) is 15.9 Å². The van der Waals surface area contributed by atoms with Crippen molar-refractivity contribution >= 4 is 15.9 Å². The maximum Gasteiger partial charge on any atom is 0.144 e. The highest BCUT2D eigenvalue weighted by molar-refractivity contribution is 9.10. The summed E-state index contributed by atoms with van der Waals surface area (Å²) in [4.78, 5) is 0. The van der Waals surface area contributed by atoms with Crippen molar-refractivity contribution in [3.05, 3.63) is 28.0 Å². The molecule has 1 aliphatic carbocycles. The molecule has 1 aromatic rings. The zero-order chi connectivity index (χ0) is 11.1. The van der Waals surface area contributed by atoms with Gasteiger partial charge in [-0.05, 0) is 53.7 Å². The second-order valence-corrected chi connectivity index (χ2v) is 5.08. The van der Waals surface area contributed by atoms with Crippen molar-refractivity contribution in [3.8, 4) is 5.75 Å². The summed E-state index contributed by atoms with van der Waals surface area (Å²) < 4.78 is 14.0. The molecule has 0 radical (unpaired) electrons. The first-order valence-corrected chi connectivity index (χ1v) is 5.76. The third kappa shape index (κ3) is 2.32. The Kier molecular flexibility index (Phi) is 2.73. The normalized spacial score (nSPS) is 17.8. The molecule has 82 valence electrons. The fourth-order valence-electron chi connectivity index (χ4n) is 1.60. The van der Waals surface area contributed by atoms with Gasteiger partial charge in [-0.25, -0.2) is 4.39 Å². The molecule has 0 unspecified atom stereocenters. The molecule has 2 nitrogen and oxygen atoms in total. The van der Waals surface area contributed by atoms with Crippen LogP contribution in [0, 0.1) is 5.82 Å². The summed E-state index contributed by atoms with van der Waals surface area (Å²) in [5, 5.41) is 9.53. The van der Waals surface area contributed by atoms with Gasteiger partial charge in [0, 0.05) is 11.1 Å². The lowest BCUT2D eigenvalue weighted by Gasteiger charge is -2.11. The summed E-state index contributed by atoms with van der Waals surface area (Å²) in [6.07, 6.45) is 3.23. The van der Waals surface area contributed by atoms with E-state index in [0.717, 1.165) is 19.3 Å². The van der Waals surface area contributed by atoms with Crippen LogP contribution in [-0.2, 0) is 6.42 Å². The van der Waals surface area contributed by atoms with Crippen LogP contribution in [0.1, 0.15) is 24.8 Å². The molecule has 4 heteroatoms. The van der Waals surface area contributed by atoms with E-state index in [1.807, 2.05) is 0 Å². The minimum atomic E-state index is -0.376. The van der Waals surface area contributed by atoms with Crippen LogP contribution >= 0.6 is 15.9 Å². The Morgan fingerprint density at radius 3 is 2.73 bits per heavy atom. The maximum absolute atomic E-state index is 13.6. The van der Waals surface area contributed by atoms with E-state index in [1.165, 1.54) is 12.1 Å². The maximum atomic E-state index is 13.6. The number of aromatic hydroxyl groups is 1. The third-order valence-corrected chi connectivity index (χ3v) is 3.55. The van der Waals surface area contributed by atoms with E-state index >= 15 is 0 Å². The molecule has 0 saturated heterocycles. The zero-order valence-corrected chi connectivity index (χ0v) is 9.85. The molecule has 0 amide bonds. The largest absolute Gasteiger partial charge is 0.508 e. The van der Waals surface area contributed by atoms with Crippen molar-refractivity contribution in [1.82, 2.24) is 0 Å². The Balaban J connectivity index is 2.16. The summed E-state index contributed by atoms with van der Waals surface area (Å²) in [6, 6.07) is 3.00. The molecule has 3 N–H and O–H groups in total. The van der Waals surface area contributed by atoms with Gasteiger partial charge in [0.1, 0.15) is 11.6 Å². The van der Waals surface area contributed by atoms with Gasteiger partial charge in [-0.3, -0.25) is 0 Å². The summed E-state index contributed by atoms with van der Waals surface area (Å²) in [7, 11) is 0.